The van der Waals surface area contributed by atoms with Gasteiger partial charge in [-0.3, -0.25) is 4.79 Å². The first-order valence-electron chi connectivity index (χ1n) is 4.93. The Hall–Kier alpha value is -0.180. The number of rotatable bonds is 2. The van der Waals surface area contributed by atoms with Gasteiger partial charge in [0.25, 0.3) is 0 Å². The summed E-state index contributed by atoms with van der Waals surface area (Å²) < 4.78 is 4.69. The molecule has 1 aliphatic carbocycles. The first-order valence-corrected chi connectivity index (χ1v) is 5.38. The van der Waals surface area contributed by atoms with E-state index in [9.17, 15) is 4.79 Å². The molecule has 0 aliphatic heterocycles. The summed E-state index contributed by atoms with van der Waals surface area (Å²) >= 11 is 4.17. The quantitative estimate of drug-likeness (QED) is 0.550. The van der Waals surface area contributed by atoms with E-state index in [-0.39, 0.29) is 12.1 Å². The van der Waals surface area contributed by atoms with Gasteiger partial charge in [0, 0.05) is 0 Å². The third-order valence-electron chi connectivity index (χ3n) is 2.33. The van der Waals surface area contributed by atoms with Crippen molar-refractivity contribution in [3.63, 3.8) is 0 Å². The largest absolute Gasteiger partial charge is 0.461 e. The van der Waals surface area contributed by atoms with E-state index in [1.807, 2.05) is 0 Å². The molecule has 0 spiro atoms. The predicted molar refractivity (Wildman–Crippen MR) is 56.0 cm³/mol. The molecule has 0 unspecified atom stereocenters. The zero-order chi connectivity index (χ0) is 9.90. The molecule has 3 heteroatoms. The predicted octanol–water partition coefficient (Wildman–Crippen LogP) is 2.57. The molecule has 1 rings (SSSR count). The number of thiol groups is 1. The lowest BCUT2D eigenvalue weighted by Gasteiger charge is -2.25. The van der Waals surface area contributed by atoms with E-state index in [1.54, 1.807) is 13.8 Å². The van der Waals surface area contributed by atoms with E-state index >= 15 is 0 Å². The zero-order valence-corrected chi connectivity index (χ0v) is 9.27. The van der Waals surface area contributed by atoms with Gasteiger partial charge in [-0.25, -0.2) is 0 Å². The van der Waals surface area contributed by atoms with Gasteiger partial charge in [-0.15, -0.1) is 0 Å². The molecule has 76 valence electrons. The number of hydrogen-bond donors (Lipinski definition) is 1. The molecular weight excluding hydrogens is 184 g/mol. The van der Waals surface area contributed by atoms with Crippen molar-refractivity contribution in [2.45, 2.75) is 56.8 Å². The van der Waals surface area contributed by atoms with Crippen LogP contribution in [0.3, 0.4) is 0 Å². The molecule has 0 bridgehead atoms. The lowest BCUT2D eigenvalue weighted by atomic mass is 9.98. The molecule has 2 nitrogen and oxygen atoms in total. The highest BCUT2D eigenvalue weighted by Crippen LogP contribution is 2.23. The molecule has 0 aromatic rings. The maximum atomic E-state index is 11.4. The van der Waals surface area contributed by atoms with Gasteiger partial charge in [-0.2, -0.15) is 12.6 Å². The van der Waals surface area contributed by atoms with Crippen molar-refractivity contribution in [1.82, 2.24) is 0 Å². The Morgan fingerprint density at radius 3 is 2.31 bits per heavy atom. The molecule has 1 fully saturated rings. The standard InChI is InChI=1S/C10H18O2S/c1-10(2,13)9(11)12-8-6-4-3-5-7-8/h8,13H,3-7H2,1-2H3. The Balaban J connectivity index is 2.35. The van der Waals surface area contributed by atoms with Crippen LogP contribution in [0.25, 0.3) is 0 Å². The zero-order valence-electron chi connectivity index (χ0n) is 8.38. The smallest absolute Gasteiger partial charge is 0.321 e. The maximum absolute atomic E-state index is 11.4. The summed E-state index contributed by atoms with van der Waals surface area (Å²) in [5.41, 5.74) is 0. The van der Waals surface area contributed by atoms with Crippen LogP contribution in [-0.4, -0.2) is 16.8 Å². The molecule has 0 aromatic heterocycles. The van der Waals surface area contributed by atoms with Crippen LogP contribution in [0.1, 0.15) is 46.0 Å². The maximum Gasteiger partial charge on any atom is 0.321 e. The van der Waals surface area contributed by atoms with E-state index in [0.29, 0.717) is 0 Å². The average Bonchev–Trinajstić information content (AvgIpc) is 2.04. The lowest BCUT2D eigenvalue weighted by Crippen LogP contribution is -2.32. The van der Waals surface area contributed by atoms with Gasteiger partial charge < -0.3 is 4.74 Å². The van der Waals surface area contributed by atoms with Gasteiger partial charge in [0.15, 0.2) is 0 Å². The number of hydrogen-bond acceptors (Lipinski definition) is 3. The summed E-state index contributed by atoms with van der Waals surface area (Å²) in [6.45, 7) is 3.53. The summed E-state index contributed by atoms with van der Waals surface area (Å²) in [5, 5.41) is 0. The molecule has 0 amide bonds. The third kappa shape index (κ3) is 3.59. The van der Waals surface area contributed by atoms with Crippen molar-refractivity contribution in [2.75, 3.05) is 0 Å². The number of esters is 1. The fourth-order valence-electron chi connectivity index (χ4n) is 1.48. The molecule has 0 radical (unpaired) electrons. The molecule has 13 heavy (non-hydrogen) atoms. The fourth-order valence-corrected chi connectivity index (χ4v) is 1.53. The molecule has 0 aromatic carbocycles. The van der Waals surface area contributed by atoms with Crippen LogP contribution >= 0.6 is 12.6 Å². The van der Waals surface area contributed by atoms with E-state index in [0.717, 1.165) is 12.8 Å². The van der Waals surface area contributed by atoms with Crippen LogP contribution < -0.4 is 0 Å². The first kappa shape index (κ1) is 10.9. The highest BCUT2D eigenvalue weighted by atomic mass is 32.1. The highest BCUT2D eigenvalue weighted by molar-refractivity contribution is 7.82. The Bertz CT molecular complexity index is 178. The second-order valence-corrected chi connectivity index (χ2v) is 5.34. The number of ether oxygens (including phenoxy) is 1. The Morgan fingerprint density at radius 1 is 1.31 bits per heavy atom. The summed E-state index contributed by atoms with van der Waals surface area (Å²) in [7, 11) is 0. The normalized spacial score (nSPS) is 19.9. The van der Waals surface area contributed by atoms with Crippen molar-refractivity contribution in [3.8, 4) is 0 Å². The van der Waals surface area contributed by atoms with Crippen LogP contribution in [0.15, 0.2) is 0 Å². The molecule has 1 saturated carbocycles. The van der Waals surface area contributed by atoms with Crippen molar-refractivity contribution >= 4 is 18.6 Å². The first-order chi connectivity index (χ1) is 6.00. The molecule has 1 aliphatic rings. The molecule has 0 saturated heterocycles. The molecule has 0 atom stereocenters. The Morgan fingerprint density at radius 2 is 1.85 bits per heavy atom. The van der Waals surface area contributed by atoms with Gasteiger partial charge in [-0.05, 0) is 39.5 Å². The van der Waals surface area contributed by atoms with E-state index in [1.165, 1.54) is 19.3 Å². The van der Waals surface area contributed by atoms with Gasteiger partial charge >= 0.3 is 5.97 Å². The molecular formula is C10H18O2S. The van der Waals surface area contributed by atoms with Gasteiger partial charge in [0.05, 0.1) is 0 Å². The topological polar surface area (TPSA) is 26.3 Å². The van der Waals surface area contributed by atoms with Crippen molar-refractivity contribution in [3.05, 3.63) is 0 Å². The monoisotopic (exact) mass is 202 g/mol. The van der Waals surface area contributed by atoms with Gasteiger partial charge in [0.2, 0.25) is 0 Å². The number of carbonyl (C=O) groups excluding carboxylic acids is 1. The summed E-state index contributed by atoms with van der Waals surface area (Å²) in [6.07, 6.45) is 5.84. The van der Waals surface area contributed by atoms with E-state index in [4.69, 9.17) is 4.74 Å². The van der Waals surface area contributed by atoms with Crippen molar-refractivity contribution in [2.24, 2.45) is 0 Å². The SMILES string of the molecule is CC(C)(S)C(=O)OC1CCCCC1. The number of carbonyl (C=O) groups is 1. The fraction of sp³-hybridized carbons (Fsp3) is 0.900. The van der Waals surface area contributed by atoms with Crippen LogP contribution in [0.5, 0.6) is 0 Å². The second kappa shape index (κ2) is 4.36. The van der Waals surface area contributed by atoms with E-state index < -0.39 is 4.75 Å². The molecule has 0 N–H and O–H groups in total. The van der Waals surface area contributed by atoms with Crippen molar-refractivity contribution in [1.29, 1.82) is 0 Å². The summed E-state index contributed by atoms with van der Waals surface area (Å²) in [4.78, 5) is 11.4. The van der Waals surface area contributed by atoms with Gasteiger partial charge in [-0.1, -0.05) is 6.42 Å². The second-order valence-electron chi connectivity index (χ2n) is 4.22. The molecule has 0 heterocycles. The van der Waals surface area contributed by atoms with Crippen LogP contribution in [-0.2, 0) is 9.53 Å². The summed E-state index contributed by atoms with van der Waals surface area (Å²) in [5.74, 6) is -0.192. The lowest BCUT2D eigenvalue weighted by molar-refractivity contribution is -0.152. The van der Waals surface area contributed by atoms with Crippen LogP contribution in [0, 0.1) is 0 Å². The van der Waals surface area contributed by atoms with Crippen molar-refractivity contribution < 1.29 is 9.53 Å². The van der Waals surface area contributed by atoms with Crippen LogP contribution in [0.4, 0.5) is 0 Å². The minimum Gasteiger partial charge on any atom is -0.461 e. The highest BCUT2D eigenvalue weighted by Gasteiger charge is 2.27. The minimum atomic E-state index is -0.655. The van der Waals surface area contributed by atoms with Gasteiger partial charge in [0.1, 0.15) is 10.9 Å². The Labute approximate surface area is 85.4 Å². The van der Waals surface area contributed by atoms with Crippen LogP contribution in [0.2, 0.25) is 0 Å². The minimum absolute atomic E-state index is 0.146. The summed E-state index contributed by atoms with van der Waals surface area (Å²) in [6, 6.07) is 0. The Kier molecular flexibility index (Phi) is 3.65. The van der Waals surface area contributed by atoms with E-state index in [2.05, 4.69) is 12.6 Å². The average molecular weight is 202 g/mol. The third-order valence-corrected chi connectivity index (χ3v) is 2.51.